The van der Waals surface area contributed by atoms with E-state index in [4.69, 9.17) is 0 Å². The first-order chi connectivity index (χ1) is 3.21. The Balaban J connectivity index is 0.000000490. The molecule has 1 nitrogen and oxygen atoms in total. The van der Waals surface area contributed by atoms with E-state index in [1.807, 2.05) is 12.3 Å². The predicted octanol–water partition coefficient (Wildman–Crippen LogP) is 0.757. The minimum absolute atomic E-state index is 0. The van der Waals surface area contributed by atoms with E-state index in [1.165, 1.54) is 0 Å². The fourth-order valence-electron chi connectivity index (χ4n) is 0.557. The van der Waals surface area contributed by atoms with E-state index in [1.54, 1.807) is 0 Å². The quantitative estimate of drug-likeness (QED) is 0.401. The van der Waals surface area contributed by atoms with Crippen LogP contribution in [0.15, 0.2) is 17.1 Å². The van der Waals surface area contributed by atoms with Gasteiger partial charge in [-0.15, -0.1) is 0 Å². The van der Waals surface area contributed by atoms with Gasteiger partial charge in [0.2, 0.25) is 0 Å². The zero-order chi connectivity index (χ0) is 5.33. The van der Waals surface area contributed by atoms with Gasteiger partial charge in [0.05, 0.1) is 5.54 Å². The van der Waals surface area contributed by atoms with Crippen LogP contribution in [0.3, 0.4) is 0 Å². The van der Waals surface area contributed by atoms with E-state index < -0.39 is 0 Å². The van der Waals surface area contributed by atoms with Crippen molar-refractivity contribution >= 4 is 25.1 Å². The van der Waals surface area contributed by atoms with Crippen LogP contribution in [0.1, 0.15) is 13.8 Å². The molecule has 2 heteroatoms. The summed E-state index contributed by atoms with van der Waals surface area (Å²) in [6, 6.07) is 0. The van der Waals surface area contributed by atoms with Crippen molar-refractivity contribution in [3.05, 3.63) is 12.2 Å². The van der Waals surface area contributed by atoms with Crippen molar-refractivity contribution in [2.45, 2.75) is 19.4 Å². The van der Waals surface area contributed by atoms with Gasteiger partial charge in [-0.05, 0) is 19.9 Å². The van der Waals surface area contributed by atoms with Crippen LogP contribution in [-0.2, 0) is 0 Å². The van der Waals surface area contributed by atoms with E-state index in [2.05, 4.69) is 24.9 Å². The molecule has 0 saturated heterocycles. The number of nitrogens with zero attached hydrogens (tertiary/aromatic N) is 1. The molecule has 0 aromatic carbocycles. The molecule has 1 heterocycles. The maximum atomic E-state index is 4.13. The molecule has 0 aromatic rings. The summed E-state index contributed by atoms with van der Waals surface area (Å²) in [5, 5.41) is 0. The molecule has 0 fully saturated rings. The van der Waals surface area contributed by atoms with Gasteiger partial charge < -0.3 is 0 Å². The number of hydrogen-bond donors (Lipinski definition) is 0. The Hall–Kier alpha value is 0.00740. The van der Waals surface area contributed by atoms with Crippen molar-refractivity contribution in [1.29, 1.82) is 0 Å². The van der Waals surface area contributed by atoms with Gasteiger partial charge in [-0.3, -0.25) is 4.99 Å². The summed E-state index contributed by atoms with van der Waals surface area (Å²) < 4.78 is 0. The molecule has 0 amide bonds. The summed E-state index contributed by atoms with van der Waals surface area (Å²) in [6.07, 6.45) is 5.88. The van der Waals surface area contributed by atoms with Crippen LogP contribution in [0, 0.1) is 0 Å². The van der Waals surface area contributed by atoms with Crippen LogP contribution in [-0.4, -0.2) is 30.6 Å². The Morgan fingerprint density at radius 3 is 2.12 bits per heavy atom. The van der Waals surface area contributed by atoms with E-state index in [-0.39, 0.29) is 24.4 Å². The van der Waals surface area contributed by atoms with Crippen LogP contribution < -0.4 is 0 Å². The van der Waals surface area contributed by atoms with Crippen molar-refractivity contribution in [3.63, 3.8) is 0 Å². The van der Waals surface area contributed by atoms with Crippen LogP contribution in [0.4, 0.5) is 0 Å². The molecular weight excluding hydrogens is 93.0 g/mol. The summed E-state index contributed by atoms with van der Waals surface area (Å²) in [6.45, 7) is 4.15. The van der Waals surface area contributed by atoms with E-state index in [0.29, 0.717) is 0 Å². The summed E-state index contributed by atoms with van der Waals surface area (Å²) in [5.74, 6) is 0. The topological polar surface area (TPSA) is 12.4 Å². The molecule has 0 aromatic heterocycles. The number of rotatable bonds is 0. The van der Waals surface area contributed by atoms with Gasteiger partial charge in [0.15, 0.2) is 0 Å². The van der Waals surface area contributed by atoms with E-state index in [0.717, 1.165) is 0 Å². The van der Waals surface area contributed by atoms with Gasteiger partial charge >= 0.3 is 18.9 Å². The fourth-order valence-corrected chi connectivity index (χ4v) is 0.557. The van der Waals surface area contributed by atoms with Gasteiger partial charge in [-0.1, -0.05) is 6.08 Å². The second-order valence-corrected chi connectivity index (χ2v) is 2.29. The van der Waals surface area contributed by atoms with E-state index >= 15 is 0 Å². The average Bonchev–Trinajstić information content (AvgIpc) is 1.84. The standard InChI is InChI=1S/C6H9N.Li.H/c1-6(2)4-3-5-7-6;;/h3-5H,1-2H3;;. The second kappa shape index (κ2) is 2.53. The predicted molar refractivity (Wildman–Crippen MR) is 38.9 cm³/mol. The van der Waals surface area contributed by atoms with E-state index in [9.17, 15) is 0 Å². The molecule has 0 N–H and O–H groups in total. The summed E-state index contributed by atoms with van der Waals surface area (Å²) >= 11 is 0. The van der Waals surface area contributed by atoms with Crippen molar-refractivity contribution in [2.75, 3.05) is 0 Å². The molecule has 0 aliphatic carbocycles. The Morgan fingerprint density at radius 2 is 2.00 bits per heavy atom. The summed E-state index contributed by atoms with van der Waals surface area (Å²) in [7, 11) is 0. The first kappa shape index (κ1) is 8.01. The molecule has 0 bridgehead atoms. The van der Waals surface area contributed by atoms with Crippen molar-refractivity contribution in [3.8, 4) is 0 Å². The van der Waals surface area contributed by atoms with Crippen molar-refractivity contribution < 1.29 is 0 Å². The third kappa shape index (κ3) is 1.86. The molecular formula is C6H10LiN. The Morgan fingerprint density at radius 1 is 1.38 bits per heavy atom. The first-order valence-corrected chi connectivity index (χ1v) is 2.44. The van der Waals surface area contributed by atoms with Crippen LogP contribution in [0.5, 0.6) is 0 Å². The molecule has 1 aliphatic rings. The van der Waals surface area contributed by atoms with Crippen LogP contribution >= 0.6 is 0 Å². The van der Waals surface area contributed by atoms with Gasteiger partial charge in [0.25, 0.3) is 0 Å². The Kier molecular flexibility index (Phi) is 2.53. The van der Waals surface area contributed by atoms with Gasteiger partial charge in [-0.2, -0.15) is 0 Å². The third-order valence-corrected chi connectivity index (χ3v) is 0.997. The maximum absolute atomic E-state index is 4.13. The molecule has 0 saturated carbocycles. The summed E-state index contributed by atoms with van der Waals surface area (Å²) in [4.78, 5) is 4.13. The third-order valence-electron chi connectivity index (χ3n) is 0.997. The first-order valence-electron chi connectivity index (χ1n) is 2.44. The molecule has 40 valence electrons. The molecule has 0 spiro atoms. The molecule has 8 heavy (non-hydrogen) atoms. The normalized spacial score (nSPS) is 20.8. The molecule has 0 radical (unpaired) electrons. The molecule has 0 unspecified atom stereocenters. The number of allylic oxidation sites excluding steroid dienone is 1. The van der Waals surface area contributed by atoms with Crippen molar-refractivity contribution in [1.82, 2.24) is 0 Å². The minimum atomic E-state index is 0. The number of hydrogen-bond acceptors (Lipinski definition) is 1. The van der Waals surface area contributed by atoms with Crippen molar-refractivity contribution in [2.24, 2.45) is 4.99 Å². The second-order valence-electron chi connectivity index (χ2n) is 2.29. The van der Waals surface area contributed by atoms with Gasteiger partial charge in [0, 0.05) is 6.21 Å². The average molecular weight is 103 g/mol. The monoisotopic (exact) mass is 103 g/mol. The number of aliphatic imine (C=N–C) groups is 1. The fraction of sp³-hybridized carbons (Fsp3) is 0.500. The van der Waals surface area contributed by atoms with Crippen LogP contribution in [0.2, 0.25) is 0 Å². The zero-order valence-corrected chi connectivity index (χ0v) is 4.68. The SMILES string of the molecule is CC1(C)C=CC=N1.[LiH]. The summed E-state index contributed by atoms with van der Waals surface area (Å²) in [5.41, 5.74) is 0.0833. The van der Waals surface area contributed by atoms with Crippen LogP contribution in [0.25, 0.3) is 0 Å². The Bertz CT molecular complexity index is 110. The van der Waals surface area contributed by atoms with Gasteiger partial charge in [-0.25, -0.2) is 0 Å². The molecule has 1 aliphatic heterocycles. The molecule has 0 atom stereocenters. The molecule has 1 rings (SSSR count). The Labute approximate surface area is 62.1 Å². The van der Waals surface area contributed by atoms with Gasteiger partial charge in [0.1, 0.15) is 0 Å². The zero-order valence-electron chi connectivity index (χ0n) is 4.68.